The first-order chi connectivity index (χ1) is 39.9. The molecule has 6 N–H and O–H groups in total. The Hall–Kier alpha value is -8.58. The van der Waals surface area contributed by atoms with E-state index in [1.54, 1.807) is 24.3 Å². The number of hydrogen-bond donors (Lipinski definition) is 6. The molecule has 3 fully saturated rings. The summed E-state index contributed by atoms with van der Waals surface area (Å²) >= 11 is 0. The van der Waals surface area contributed by atoms with Gasteiger partial charge in [0.05, 0.1) is 16.7 Å². The summed E-state index contributed by atoms with van der Waals surface area (Å²) in [6.45, 7) is 18.7. The van der Waals surface area contributed by atoms with Gasteiger partial charge in [-0.3, -0.25) is 14.4 Å². The van der Waals surface area contributed by atoms with Crippen molar-refractivity contribution in [3.63, 3.8) is 0 Å². The number of rotatable bonds is 11. The molecule has 82 heavy (non-hydrogen) atoms. The number of nitrogens with zero attached hydrogens (tertiary/aromatic N) is 6. The summed E-state index contributed by atoms with van der Waals surface area (Å²) in [7, 11) is 0. The number of carbonyl (C=O) groups excluding carboxylic acids is 3. The molecule has 18 nitrogen and oxygen atoms in total. The quantitative estimate of drug-likeness (QED) is 0.0731. The molecule has 6 aromatic rings. The molecule has 6 heterocycles. The third-order valence-corrected chi connectivity index (χ3v) is 15.6. The smallest absolute Gasteiger partial charge is 0.251 e. The number of carbonyl (C=O) groups is 3. The van der Waals surface area contributed by atoms with Gasteiger partial charge in [0.15, 0.2) is 17.2 Å². The van der Waals surface area contributed by atoms with Crippen LogP contribution >= 0.6 is 0 Å². The van der Waals surface area contributed by atoms with Gasteiger partial charge < -0.3 is 60.8 Å². The van der Waals surface area contributed by atoms with Crippen LogP contribution in [0.15, 0.2) is 130 Å². The topological polar surface area (TPSA) is 198 Å². The van der Waals surface area contributed by atoms with E-state index in [0.29, 0.717) is 88.4 Å². The molecule has 0 saturated carbocycles. The number of benzene rings is 6. The van der Waals surface area contributed by atoms with Crippen molar-refractivity contribution in [2.45, 2.75) is 46.1 Å². The van der Waals surface area contributed by atoms with E-state index >= 15 is 0 Å². The van der Waals surface area contributed by atoms with Crippen LogP contribution in [-0.4, -0.2) is 147 Å². The zero-order chi connectivity index (χ0) is 56.3. The van der Waals surface area contributed by atoms with Gasteiger partial charge in [-0.05, 0) is 142 Å². The van der Waals surface area contributed by atoms with Gasteiger partial charge in [0.2, 0.25) is 0 Å². The van der Waals surface area contributed by atoms with E-state index in [0.717, 1.165) is 130 Å². The number of fused-ring (bicyclic) bond motifs is 6. The van der Waals surface area contributed by atoms with Crippen molar-refractivity contribution in [2.75, 3.05) is 91.6 Å². The molecule has 0 spiro atoms. The molecular weight excluding hydrogens is 1030 g/mol. The molecule has 1 atom stereocenters. The van der Waals surface area contributed by atoms with E-state index in [1.165, 1.54) is 0 Å². The van der Waals surface area contributed by atoms with E-state index < -0.39 is 5.54 Å². The Morgan fingerprint density at radius 1 is 0.512 bits per heavy atom. The second-order valence-electron chi connectivity index (χ2n) is 22.4. The highest BCUT2D eigenvalue weighted by atomic mass is 16.5. The maximum atomic E-state index is 14.4. The van der Waals surface area contributed by atoms with Gasteiger partial charge in [0.1, 0.15) is 51.8 Å². The van der Waals surface area contributed by atoms with Crippen LogP contribution in [-0.2, 0) is 12.8 Å². The van der Waals surface area contributed by atoms with Gasteiger partial charge in [-0.1, -0.05) is 31.2 Å². The summed E-state index contributed by atoms with van der Waals surface area (Å²) in [5, 5.41) is 19.7. The third-order valence-electron chi connectivity index (χ3n) is 15.6. The molecule has 18 heteroatoms. The van der Waals surface area contributed by atoms with Gasteiger partial charge in [0, 0.05) is 114 Å². The Kier molecular flexibility index (Phi) is 15.5. The van der Waals surface area contributed by atoms with Crippen LogP contribution in [0.2, 0.25) is 0 Å². The minimum Gasteiger partial charge on any atom is -0.454 e. The third kappa shape index (κ3) is 11.8. The minimum absolute atomic E-state index is 0.0926. The monoisotopic (exact) mass is 1100 g/mol. The molecule has 1 unspecified atom stereocenters. The fourth-order valence-corrected chi connectivity index (χ4v) is 11.4. The van der Waals surface area contributed by atoms with Crippen LogP contribution in [0.5, 0.6) is 34.5 Å². The van der Waals surface area contributed by atoms with Crippen LogP contribution < -0.4 is 46.1 Å². The number of amidine groups is 3. The molecule has 0 bridgehead atoms. The average molecular weight is 1100 g/mol. The number of nitrogens with one attached hydrogen (secondary N) is 6. The molecule has 0 aromatic heterocycles. The summed E-state index contributed by atoms with van der Waals surface area (Å²) in [5.74, 6) is 5.79. The summed E-state index contributed by atoms with van der Waals surface area (Å²) < 4.78 is 19.6. The number of aliphatic imine (C=N–C) groups is 3. The second kappa shape index (κ2) is 23.5. The lowest BCUT2D eigenvalue weighted by Crippen LogP contribution is -2.47. The first kappa shape index (κ1) is 54.0. The van der Waals surface area contributed by atoms with Gasteiger partial charge in [0.25, 0.3) is 17.7 Å². The van der Waals surface area contributed by atoms with Crippen molar-refractivity contribution in [1.29, 1.82) is 0 Å². The predicted molar refractivity (Wildman–Crippen MR) is 319 cm³/mol. The Morgan fingerprint density at radius 2 is 0.927 bits per heavy atom. The first-order valence-corrected chi connectivity index (χ1v) is 28.8. The van der Waals surface area contributed by atoms with Crippen molar-refractivity contribution in [3.8, 4) is 34.5 Å². The van der Waals surface area contributed by atoms with E-state index in [9.17, 15) is 14.4 Å². The Morgan fingerprint density at radius 3 is 1.43 bits per heavy atom. The van der Waals surface area contributed by atoms with E-state index in [4.69, 9.17) is 29.2 Å². The highest BCUT2D eigenvalue weighted by Crippen LogP contribution is 2.43. The fourth-order valence-electron chi connectivity index (χ4n) is 11.4. The van der Waals surface area contributed by atoms with Crippen molar-refractivity contribution < 1.29 is 28.6 Å². The first-order valence-electron chi connectivity index (χ1n) is 28.8. The zero-order valence-corrected chi connectivity index (χ0v) is 47.0. The molecule has 3 amide bonds. The van der Waals surface area contributed by atoms with Gasteiger partial charge >= 0.3 is 0 Å². The number of piperazine rings is 3. The molecule has 0 aliphatic carbocycles. The van der Waals surface area contributed by atoms with Crippen molar-refractivity contribution in [2.24, 2.45) is 20.9 Å². The molecule has 0 radical (unpaired) electrons. The van der Waals surface area contributed by atoms with Crippen LogP contribution in [0.25, 0.3) is 0 Å². The predicted octanol–water partition coefficient (Wildman–Crippen LogP) is 8.06. The van der Waals surface area contributed by atoms with Crippen molar-refractivity contribution in [3.05, 3.63) is 160 Å². The van der Waals surface area contributed by atoms with Gasteiger partial charge in [-0.25, -0.2) is 15.0 Å². The van der Waals surface area contributed by atoms with Crippen molar-refractivity contribution >= 4 is 52.3 Å². The fraction of sp³-hybridized carbons (Fsp3) is 0.344. The maximum Gasteiger partial charge on any atom is 0.251 e. The molecular formula is C64H70N12O6. The number of amides is 3. The molecule has 6 aliphatic heterocycles. The SMILES string of the molecule is CCNC(=O)c1ccc2c(c1)N=C(N1CCNCC1)c1cc(CC(C)(C)NC(=O)c3ccc4c(c3)N=C(N3CCNCC3)c3cc(CC(C)CNC(=O)c5ccc6c(c5)N=C(N5CCNCC5)c5ccccc5O6)ccc3O4)ccc1O2. The van der Waals surface area contributed by atoms with E-state index in [1.807, 2.05) is 93.6 Å². The van der Waals surface area contributed by atoms with Crippen molar-refractivity contribution in [1.82, 2.24) is 46.6 Å². The van der Waals surface area contributed by atoms with Crippen LogP contribution in [0.4, 0.5) is 17.1 Å². The summed E-state index contributed by atoms with van der Waals surface area (Å²) in [5.41, 5.74) is 7.35. The molecule has 6 aromatic carbocycles. The lowest BCUT2D eigenvalue weighted by molar-refractivity contribution is 0.0910. The highest BCUT2D eigenvalue weighted by molar-refractivity contribution is 6.07. The number of hydrogen-bond acceptors (Lipinski definition) is 15. The van der Waals surface area contributed by atoms with Gasteiger partial charge in [-0.15, -0.1) is 0 Å². The van der Waals surface area contributed by atoms with Gasteiger partial charge in [-0.2, -0.15) is 0 Å². The minimum atomic E-state index is -0.674. The zero-order valence-electron chi connectivity index (χ0n) is 47.0. The van der Waals surface area contributed by atoms with Crippen LogP contribution in [0, 0.1) is 5.92 Å². The standard InChI is InChI=1S/C64H70N12O6/c1-5-68-61(77)43-12-17-56-50(35-43)71-60(76-30-24-67-25-31-76)48-34-42(11-16-54(48)82-56)38-64(3,4)73-63(79)45-14-19-57-51(37-45)72-59(75-28-22-66-23-29-75)47-33-41(10-15-53(47)81-57)32-40(2)39-69-62(78)44-13-18-55-49(36-44)70-58(74-26-20-65-21-27-74)46-8-6-7-9-52(46)80-55/h6-19,33-37,40,65-67H,5,20-32,38-39H2,1-4H3,(H,68,77)(H,69,78)(H,73,79). The molecule has 12 rings (SSSR count). The Bertz CT molecular complexity index is 3540. The lowest BCUT2D eigenvalue weighted by atomic mass is 9.93. The highest BCUT2D eigenvalue weighted by Gasteiger charge is 2.31. The maximum absolute atomic E-state index is 14.4. The summed E-state index contributed by atoms with van der Waals surface area (Å²) in [4.78, 5) is 63.4. The average Bonchev–Trinajstić information content (AvgIpc) is 3.90. The van der Waals surface area contributed by atoms with Crippen LogP contribution in [0.1, 0.15) is 86.6 Å². The molecule has 422 valence electrons. The normalized spacial score (nSPS) is 16.8. The Labute approximate surface area is 478 Å². The van der Waals surface area contributed by atoms with E-state index in [2.05, 4.69) is 71.7 Å². The lowest BCUT2D eigenvalue weighted by Gasteiger charge is -2.31. The summed E-state index contributed by atoms with van der Waals surface area (Å²) in [6, 6.07) is 36.6. The van der Waals surface area contributed by atoms with E-state index in [-0.39, 0.29) is 23.6 Å². The largest absolute Gasteiger partial charge is 0.454 e. The number of para-hydroxylation sites is 1. The van der Waals surface area contributed by atoms with Crippen LogP contribution in [0.3, 0.4) is 0 Å². The molecule has 3 saturated heterocycles. The second-order valence-corrected chi connectivity index (χ2v) is 22.4. The number of ether oxygens (including phenoxy) is 3. The Balaban J connectivity index is 0.737. The molecule has 6 aliphatic rings. The summed E-state index contributed by atoms with van der Waals surface area (Å²) in [6.07, 6.45) is 1.22.